The van der Waals surface area contributed by atoms with E-state index < -0.39 is 0 Å². The van der Waals surface area contributed by atoms with Crippen molar-refractivity contribution < 1.29 is 4.39 Å². The number of nitrogens with zero attached hydrogens (tertiary/aromatic N) is 1. The van der Waals surface area contributed by atoms with Crippen LogP contribution in [0.2, 0.25) is 0 Å². The molecule has 1 aromatic rings. The molecule has 1 aliphatic carbocycles. The standard InChI is InChI=1S/C15H24FN3/c1-11-6-7-13(16)12(10-11)14(18-17)15(19(2)3)8-4-5-9-15/h6-7,10,14,18H,4-5,8-9,17H2,1-3H3. The highest BCUT2D eigenvalue weighted by Crippen LogP contribution is 2.43. The van der Waals surface area contributed by atoms with Gasteiger partial charge in [0.1, 0.15) is 5.82 Å². The van der Waals surface area contributed by atoms with E-state index in [1.54, 1.807) is 6.07 Å². The van der Waals surface area contributed by atoms with E-state index in [9.17, 15) is 4.39 Å². The summed E-state index contributed by atoms with van der Waals surface area (Å²) < 4.78 is 14.2. The summed E-state index contributed by atoms with van der Waals surface area (Å²) in [7, 11) is 4.12. The monoisotopic (exact) mass is 265 g/mol. The van der Waals surface area contributed by atoms with Crippen molar-refractivity contribution in [3.63, 3.8) is 0 Å². The van der Waals surface area contributed by atoms with Gasteiger partial charge < -0.3 is 4.90 Å². The summed E-state index contributed by atoms with van der Waals surface area (Å²) in [4.78, 5) is 2.20. The Hall–Kier alpha value is -0.970. The molecule has 0 radical (unpaired) electrons. The normalized spacial score (nSPS) is 19.9. The van der Waals surface area contributed by atoms with E-state index >= 15 is 0 Å². The molecule has 0 spiro atoms. The van der Waals surface area contributed by atoms with Crippen molar-refractivity contribution in [2.75, 3.05) is 14.1 Å². The van der Waals surface area contributed by atoms with Crippen molar-refractivity contribution in [1.82, 2.24) is 10.3 Å². The first-order valence-corrected chi connectivity index (χ1v) is 6.91. The first kappa shape index (κ1) is 14.4. The van der Waals surface area contributed by atoms with E-state index in [-0.39, 0.29) is 17.4 Å². The quantitative estimate of drug-likeness (QED) is 0.649. The van der Waals surface area contributed by atoms with Crippen LogP contribution >= 0.6 is 0 Å². The highest BCUT2D eigenvalue weighted by Gasteiger charge is 2.44. The lowest BCUT2D eigenvalue weighted by atomic mass is 9.82. The molecule has 3 N–H and O–H groups in total. The summed E-state index contributed by atoms with van der Waals surface area (Å²) in [5.41, 5.74) is 4.51. The molecular weight excluding hydrogens is 241 g/mol. The minimum absolute atomic E-state index is 0.0939. The van der Waals surface area contributed by atoms with Crippen LogP contribution in [0.5, 0.6) is 0 Å². The second-order valence-electron chi connectivity index (χ2n) is 5.83. The average Bonchev–Trinajstić information content (AvgIpc) is 2.85. The molecule has 0 heterocycles. The van der Waals surface area contributed by atoms with Gasteiger partial charge in [0.05, 0.1) is 6.04 Å². The second kappa shape index (κ2) is 5.57. The van der Waals surface area contributed by atoms with Crippen molar-refractivity contribution in [2.45, 2.75) is 44.2 Å². The van der Waals surface area contributed by atoms with E-state index in [1.165, 1.54) is 18.9 Å². The Balaban J connectivity index is 2.45. The highest BCUT2D eigenvalue weighted by atomic mass is 19.1. The number of likely N-dealkylation sites (N-methyl/N-ethyl adjacent to an activating group) is 1. The predicted octanol–water partition coefficient (Wildman–Crippen LogP) is 2.51. The maximum absolute atomic E-state index is 14.2. The number of hydrogen-bond acceptors (Lipinski definition) is 3. The minimum atomic E-state index is -0.179. The van der Waals surface area contributed by atoms with Crippen LogP contribution in [0.4, 0.5) is 4.39 Å². The summed E-state index contributed by atoms with van der Waals surface area (Å²) in [6.45, 7) is 1.98. The fourth-order valence-electron chi connectivity index (χ4n) is 3.40. The summed E-state index contributed by atoms with van der Waals surface area (Å²) in [6, 6.07) is 5.06. The van der Waals surface area contributed by atoms with Gasteiger partial charge in [-0.25, -0.2) is 4.39 Å². The first-order valence-electron chi connectivity index (χ1n) is 6.91. The zero-order valence-electron chi connectivity index (χ0n) is 12.0. The lowest BCUT2D eigenvalue weighted by Crippen LogP contribution is -2.53. The topological polar surface area (TPSA) is 41.3 Å². The molecule has 0 amide bonds. The van der Waals surface area contributed by atoms with Gasteiger partial charge in [-0.2, -0.15) is 0 Å². The van der Waals surface area contributed by atoms with Crippen molar-refractivity contribution >= 4 is 0 Å². The molecule has 106 valence electrons. The number of aryl methyl sites for hydroxylation is 1. The molecule has 4 heteroatoms. The third-order valence-electron chi connectivity index (χ3n) is 4.53. The largest absolute Gasteiger partial charge is 0.302 e. The van der Waals surface area contributed by atoms with Gasteiger partial charge in [0.2, 0.25) is 0 Å². The summed E-state index contributed by atoms with van der Waals surface area (Å²) in [5, 5.41) is 0. The smallest absolute Gasteiger partial charge is 0.128 e. The summed E-state index contributed by atoms with van der Waals surface area (Å²) in [5.74, 6) is 5.60. The molecule has 19 heavy (non-hydrogen) atoms. The first-order chi connectivity index (χ1) is 9.01. The van der Waals surface area contributed by atoms with Gasteiger partial charge in [-0.3, -0.25) is 11.3 Å². The fraction of sp³-hybridized carbons (Fsp3) is 0.600. The SMILES string of the molecule is Cc1ccc(F)c(C(NN)C2(N(C)C)CCCC2)c1. The number of hydrazine groups is 1. The van der Waals surface area contributed by atoms with E-state index in [4.69, 9.17) is 5.84 Å². The lowest BCUT2D eigenvalue weighted by molar-refractivity contribution is 0.103. The van der Waals surface area contributed by atoms with Crippen molar-refractivity contribution in [3.05, 3.63) is 35.1 Å². The van der Waals surface area contributed by atoms with E-state index in [0.717, 1.165) is 18.4 Å². The molecule has 1 saturated carbocycles. The molecule has 1 aliphatic rings. The molecule has 0 aromatic heterocycles. The Morgan fingerprint density at radius 1 is 1.32 bits per heavy atom. The zero-order chi connectivity index (χ0) is 14.0. The molecule has 0 saturated heterocycles. The number of nitrogens with one attached hydrogen (secondary N) is 1. The third-order valence-corrected chi connectivity index (χ3v) is 4.53. The van der Waals surface area contributed by atoms with Crippen LogP contribution in [0.15, 0.2) is 18.2 Å². The number of nitrogens with two attached hydrogens (primary N) is 1. The Morgan fingerprint density at radius 3 is 2.47 bits per heavy atom. The van der Waals surface area contributed by atoms with E-state index in [0.29, 0.717) is 5.56 Å². The average molecular weight is 265 g/mol. The maximum Gasteiger partial charge on any atom is 0.128 e. The predicted molar refractivity (Wildman–Crippen MR) is 76.1 cm³/mol. The molecule has 1 unspecified atom stereocenters. The van der Waals surface area contributed by atoms with Crippen LogP contribution in [0, 0.1) is 12.7 Å². The fourth-order valence-corrected chi connectivity index (χ4v) is 3.40. The molecule has 0 bridgehead atoms. The highest BCUT2D eigenvalue weighted by molar-refractivity contribution is 5.30. The molecule has 1 aromatic carbocycles. The third kappa shape index (κ3) is 2.53. The zero-order valence-corrected chi connectivity index (χ0v) is 12.0. The van der Waals surface area contributed by atoms with Crippen LogP contribution in [0.1, 0.15) is 42.9 Å². The molecule has 3 nitrogen and oxygen atoms in total. The van der Waals surface area contributed by atoms with Crippen LogP contribution in [0.3, 0.4) is 0 Å². The van der Waals surface area contributed by atoms with Crippen molar-refractivity contribution in [3.8, 4) is 0 Å². The Kier molecular flexibility index (Phi) is 4.23. The van der Waals surface area contributed by atoms with Gasteiger partial charge in [-0.1, -0.05) is 30.5 Å². The van der Waals surface area contributed by atoms with Gasteiger partial charge in [0.15, 0.2) is 0 Å². The van der Waals surface area contributed by atoms with E-state index in [1.807, 2.05) is 13.0 Å². The second-order valence-corrected chi connectivity index (χ2v) is 5.83. The van der Waals surface area contributed by atoms with Crippen molar-refractivity contribution in [2.24, 2.45) is 5.84 Å². The lowest BCUT2D eigenvalue weighted by Gasteiger charge is -2.43. The molecule has 0 aliphatic heterocycles. The molecular formula is C15H24FN3. The van der Waals surface area contributed by atoms with Crippen LogP contribution in [0.25, 0.3) is 0 Å². The molecule has 2 rings (SSSR count). The summed E-state index contributed by atoms with van der Waals surface area (Å²) >= 11 is 0. The van der Waals surface area contributed by atoms with Crippen molar-refractivity contribution in [1.29, 1.82) is 0 Å². The number of rotatable bonds is 4. The van der Waals surface area contributed by atoms with Gasteiger partial charge in [-0.05, 0) is 39.9 Å². The van der Waals surface area contributed by atoms with Gasteiger partial charge in [0.25, 0.3) is 0 Å². The van der Waals surface area contributed by atoms with Crippen LogP contribution in [-0.2, 0) is 0 Å². The maximum atomic E-state index is 14.2. The number of halogens is 1. The Bertz CT molecular complexity index is 439. The van der Waals surface area contributed by atoms with Crippen LogP contribution in [-0.4, -0.2) is 24.5 Å². The van der Waals surface area contributed by atoms with E-state index in [2.05, 4.69) is 24.4 Å². The number of benzene rings is 1. The van der Waals surface area contributed by atoms with Gasteiger partial charge >= 0.3 is 0 Å². The molecule has 1 fully saturated rings. The summed E-state index contributed by atoms with van der Waals surface area (Å²) in [6.07, 6.45) is 4.43. The minimum Gasteiger partial charge on any atom is -0.302 e. The molecule has 1 atom stereocenters. The Morgan fingerprint density at radius 2 is 1.95 bits per heavy atom. The van der Waals surface area contributed by atoms with Gasteiger partial charge in [-0.15, -0.1) is 0 Å². The van der Waals surface area contributed by atoms with Gasteiger partial charge in [0, 0.05) is 11.1 Å². The van der Waals surface area contributed by atoms with Crippen LogP contribution < -0.4 is 11.3 Å². The Labute approximate surface area is 114 Å². The number of hydrogen-bond donors (Lipinski definition) is 2.